The van der Waals surface area contributed by atoms with Crippen molar-refractivity contribution in [1.82, 2.24) is 10.2 Å². The molecule has 0 aromatic carbocycles. The third-order valence-electron chi connectivity index (χ3n) is 3.55. The first-order chi connectivity index (χ1) is 8.58. The summed E-state index contributed by atoms with van der Waals surface area (Å²) in [6.45, 7) is 6.21. The first-order valence-electron chi connectivity index (χ1n) is 6.45. The van der Waals surface area contributed by atoms with Crippen LogP contribution in [0.2, 0.25) is 0 Å². The summed E-state index contributed by atoms with van der Waals surface area (Å²) in [6.07, 6.45) is 1.83. The normalized spacial score (nSPS) is 24.3. The number of carbonyl (C=O) groups is 1. The second-order valence-electron chi connectivity index (χ2n) is 4.98. The Morgan fingerprint density at radius 2 is 2.28 bits per heavy atom. The van der Waals surface area contributed by atoms with Crippen LogP contribution >= 0.6 is 0 Å². The molecule has 100 valence electrons. The highest BCUT2D eigenvalue weighted by Gasteiger charge is 2.24. The highest BCUT2D eigenvalue weighted by atomic mass is 16.5. The van der Waals surface area contributed by atoms with Gasteiger partial charge < -0.3 is 20.4 Å². The Labute approximate surface area is 108 Å². The van der Waals surface area contributed by atoms with Gasteiger partial charge in [-0.05, 0) is 13.3 Å². The lowest BCUT2D eigenvalue weighted by Gasteiger charge is -2.31. The third kappa shape index (κ3) is 2.90. The van der Waals surface area contributed by atoms with Gasteiger partial charge in [-0.1, -0.05) is 0 Å². The Kier molecular flexibility index (Phi) is 4.01. The number of nitrogens with one attached hydrogen (secondary N) is 2. The van der Waals surface area contributed by atoms with Crippen molar-refractivity contribution >= 4 is 11.6 Å². The zero-order valence-corrected chi connectivity index (χ0v) is 11.1. The number of hydrogen-bond donors (Lipinski definition) is 2. The average molecular weight is 251 g/mol. The van der Waals surface area contributed by atoms with Gasteiger partial charge in [0.25, 0.3) is 0 Å². The van der Waals surface area contributed by atoms with Crippen molar-refractivity contribution in [3.05, 3.63) is 11.3 Å². The van der Waals surface area contributed by atoms with Crippen molar-refractivity contribution in [2.45, 2.75) is 32.7 Å². The van der Waals surface area contributed by atoms with E-state index < -0.39 is 0 Å². The Morgan fingerprint density at radius 1 is 1.50 bits per heavy atom. The van der Waals surface area contributed by atoms with Crippen LogP contribution in [0.5, 0.6) is 0 Å². The molecule has 0 bridgehead atoms. The van der Waals surface area contributed by atoms with Crippen molar-refractivity contribution < 1.29 is 9.53 Å². The maximum atomic E-state index is 11.4. The van der Waals surface area contributed by atoms with Gasteiger partial charge in [0.15, 0.2) is 0 Å². The van der Waals surface area contributed by atoms with Gasteiger partial charge in [0.05, 0.1) is 12.6 Å². The molecule has 2 heterocycles. The van der Waals surface area contributed by atoms with Gasteiger partial charge in [-0.3, -0.25) is 4.79 Å². The van der Waals surface area contributed by atoms with Crippen LogP contribution in [0.25, 0.3) is 0 Å². The van der Waals surface area contributed by atoms with Crippen LogP contribution in [0.3, 0.4) is 0 Å². The van der Waals surface area contributed by atoms with Crippen molar-refractivity contribution in [3.63, 3.8) is 0 Å². The molecule has 1 fully saturated rings. The standard InChI is InChI=1S/C13H21N3O2/c1-9(14)12-7-16(10(2)17)5-3-13(12)15-11-4-6-18-8-11/h11,14-15H,3-8H2,1-2H3. The fourth-order valence-corrected chi connectivity index (χ4v) is 2.43. The molecule has 2 aliphatic heterocycles. The van der Waals surface area contributed by atoms with Crippen molar-refractivity contribution in [2.75, 3.05) is 26.3 Å². The highest BCUT2D eigenvalue weighted by Crippen LogP contribution is 2.19. The fourth-order valence-electron chi connectivity index (χ4n) is 2.43. The molecule has 0 aromatic rings. The molecule has 0 spiro atoms. The summed E-state index contributed by atoms with van der Waals surface area (Å²) >= 11 is 0. The predicted molar refractivity (Wildman–Crippen MR) is 69.7 cm³/mol. The van der Waals surface area contributed by atoms with Gasteiger partial charge in [-0.25, -0.2) is 0 Å². The monoisotopic (exact) mass is 251 g/mol. The van der Waals surface area contributed by atoms with E-state index in [2.05, 4.69) is 5.32 Å². The summed E-state index contributed by atoms with van der Waals surface area (Å²) in [6, 6.07) is 0.359. The number of nitrogens with zero attached hydrogens (tertiary/aromatic N) is 1. The molecule has 5 heteroatoms. The average Bonchev–Trinajstić information content (AvgIpc) is 2.81. The smallest absolute Gasteiger partial charge is 0.219 e. The zero-order valence-electron chi connectivity index (χ0n) is 11.1. The van der Waals surface area contributed by atoms with Gasteiger partial charge in [-0.2, -0.15) is 0 Å². The van der Waals surface area contributed by atoms with E-state index in [0.29, 0.717) is 18.3 Å². The van der Waals surface area contributed by atoms with Crippen LogP contribution < -0.4 is 5.32 Å². The zero-order chi connectivity index (χ0) is 13.1. The highest BCUT2D eigenvalue weighted by molar-refractivity contribution is 5.97. The number of ether oxygens (including phenoxy) is 1. The molecule has 2 N–H and O–H groups in total. The molecule has 0 radical (unpaired) electrons. The maximum absolute atomic E-state index is 11.4. The molecule has 1 atom stereocenters. The minimum absolute atomic E-state index is 0.0806. The molecular formula is C13H21N3O2. The maximum Gasteiger partial charge on any atom is 0.219 e. The Hall–Kier alpha value is -1.36. The summed E-state index contributed by atoms with van der Waals surface area (Å²) in [5.41, 5.74) is 2.63. The van der Waals surface area contributed by atoms with Gasteiger partial charge in [0, 0.05) is 50.0 Å². The lowest BCUT2D eigenvalue weighted by molar-refractivity contribution is -0.128. The van der Waals surface area contributed by atoms with E-state index in [-0.39, 0.29) is 5.91 Å². The minimum Gasteiger partial charge on any atom is -0.383 e. The Morgan fingerprint density at radius 3 is 2.83 bits per heavy atom. The van der Waals surface area contributed by atoms with Crippen LogP contribution in [0.1, 0.15) is 26.7 Å². The molecule has 1 saturated heterocycles. The summed E-state index contributed by atoms with van der Waals surface area (Å²) in [5, 5.41) is 11.3. The van der Waals surface area contributed by atoms with Crippen LogP contribution in [-0.4, -0.2) is 48.9 Å². The van der Waals surface area contributed by atoms with E-state index in [1.807, 2.05) is 0 Å². The van der Waals surface area contributed by atoms with Crippen LogP contribution in [-0.2, 0) is 9.53 Å². The lowest BCUT2D eigenvalue weighted by Crippen LogP contribution is -2.41. The first kappa shape index (κ1) is 13.1. The van der Waals surface area contributed by atoms with Crippen molar-refractivity contribution in [1.29, 1.82) is 5.41 Å². The van der Waals surface area contributed by atoms with E-state index in [4.69, 9.17) is 10.1 Å². The summed E-state index contributed by atoms with van der Waals surface area (Å²) in [5.74, 6) is 0.0806. The third-order valence-corrected chi connectivity index (χ3v) is 3.55. The molecular weight excluding hydrogens is 230 g/mol. The van der Waals surface area contributed by atoms with Gasteiger partial charge in [0.1, 0.15) is 0 Å². The van der Waals surface area contributed by atoms with E-state index in [1.54, 1.807) is 18.7 Å². The molecule has 0 aromatic heterocycles. The molecule has 1 unspecified atom stereocenters. The summed E-state index contributed by atoms with van der Waals surface area (Å²) < 4.78 is 5.35. The number of amides is 1. The lowest BCUT2D eigenvalue weighted by atomic mass is 10.0. The Bertz CT molecular complexity index is 384. The van der Waals surface area contributed by atoms with Crippen molar-refractivity contribution in [2.24, 2.45) is 0 Å². The second kappa shape index (κ2) is 5.52. The summed E-state index contributed by atoms with van der Waals surface area (Å²) in [4.78, 5) is 13.2. The predicted octanol–water partition coefficient (Wildman–Crippen LogP) is 0.911. The van der Waals surface area contributed by atoms with Gasteiger partial charge in [-0.15, -0.1) is 0 Å². The van der Waals surface area contributed by atoms with Crippen LogP contribution in [0, 0.1) is 5.41 Å². The first-order valence-corrected chi connectivity index (χ1v) is 6.45. The summed E-state index contributed by atoms with van der Waals surface area (Å²) in [7, 11) is 0. The second-order valence-corrected chi connectivity index (χ2v) is 4.98. The topological polar surface area (TPSA) is 65.4 Å². The van der Waals surface area contributed by atoms with E-state index in [1.165, 1.54) is 0 Å². The van der Waals surface area contributed by atoms with E-state index in [9.17, 15) is 4.79 Å². The number of rotatable bonds is 3. The number of carbonyl (C=O) groups excluding carboxylic acids is 1. The van der Waals surface area contributed by atoms with Crippen LogP contribution in [0.4, 0.5) is 0 Å². The van der Waals surface area contributed by atoms with E-state index >= 15 is 0 Å². The fraction of sp³-hybridized carbons (Fsp3) is 0.692. The molecule has 1 amide bonds. The molecule has 2 aliphatic rings. The van der Waals surface area contributed by atoms with E-state index in [0.717, 1.165) is 43.9 Å². The largest absolute Gasteiger partial charge is 0.383 e. The van der Waals surface area contributed by atoms with Crippen molar-refractivity contribution in [3.8, 4) is 0 Å². The molecule has 0 aliphatic carbocycles. The van der Waals surface area contributed by atoms with Gasteiger partial charge in [0.2, 0.25) is 5.91 Å². The van der Waals surface area contributed by atoms with Gasteiger partial charge >= 0.3 is 0 Å². The molecule has 18 heavy (non-hydrogen) atoms. The van der Waals surface area contributed by atoms with Crippen LogP contribution in [0.15, 0.2) is 11.3 Å². The minimum atomic E-state index is 0.0806. The molecule has 5 nitrogen and oxygen atoms in total. The SMILES string of the molecule is CC(=N)C1=C(NC2CCOC2)CCN(C(C)=O)C1. The molecule has 0 saturated carbocycles. The Balaban J connectivity index is 2.10. The molecule has 2 rings (SSSR count). The number of hydrogen-bond acceptors (Lipinski definition) is 4. The quantitative estimate of drug-likeness (QED) is 0.733.